The van der Waals surface area contributed by atoms with E-state index in [0.717, 1.165) is 34.5 Å². The van der Waals surface area contributed by atoms with Crippen molar-refractivity contribution in [1.82, 2.24) is 9.88 Å². The average Bonchev–Trinajstić information content (AvgIpc) is 3.55. The summed E-state index contributed by atoms with van der Waals surface area (Å²) >= 11 is 1.44. The van der Waals surface area contributed by atoms with Gasteiger partial charge in [-0.3, -0.25) is 14.0 Å². The van der Waals surface area contributed by atoms with Crippen molar-refractivity contribution in [3.05, 3.63) is 77.9 Å². The zero-order chi connectivity index (χ0) is 27.6. The molecule has 0 saturated heterocycles. The number of thiazole rings is 1. The van der Waals surface area contributed by atoms with E-state index in [1.807, 2.05) is 63.5 Å². The molecule has 0 spiro atoms. The van der Waals surface area contributed by atoms with Gasteiger partial charge in [0, 0.05) is 18.7 Å². The quantitative estimate of drug-likeness (QED) is 0.268. The molecule has 1 amide bonds. The number of aromatic nitrogens is 1. The van der Waals surface area contributed by atoms with E-state index in [1.54, 1.807) is 17.0 Å². The van der Waals surface area contributed by atoms with Crippen LogP contribution in [0, 0.1) is 0 Å². The summed E-state index contributed by atoms with van der Waals surface area (Å²) in [4.78, 5) is 22.4. The standard InChI is InChI=1S/C29H32N4O4S2/c1-4-37-23-12-15-25-27(20-23)38-29(30-25)32(18-7-17-31(2)3)28(34)22-10-13-24(14-11-22)39(35,36)33-19-16-21-8-5-6-9-26(21)33/h5-6,8-15,20H,4,7,16-19H2,1-3H3. The fourth-order valence-electron chi connectivity index (χ4n) is 4.70. The van der Waals surface area contributed by atoms with E-state index in [2.05, 4.69) is 4.90 Å². The molecule has 39 heavy (non-hydrogen) atoms. The third kappa shape index (κ3) is 5.63. The zero-order valence-corrected chi connectivity index (χ0v) is 24.0. The number of nitrogens with zero attached hydrogens (tertiary/aromatic N) is 4. The third-order valence-corrected chi connectivity index (χ3v) is 9.53. The first kappa shape index (κ1) is 27.1. The van der Waals surface area contributed by atoms with Crippen LogP contribution in [-0.2, 0) is 16.4 Å². The van der Waals surface area contributed by atoms with Crippen LogP contribution in [0.15, 0.2) is 71.6 Å². The van der Waals surface area contributed by atoms with Gasteiger partial charge in [0.05, 0.1) is 27.4 Å². The summed E-state index contributed by atoms with van der Waals surface area (Å²) in [6.07, 6.45) is 1.45. The smallest absolute Gasteiger partial charge is 0.264 e. The molecule has 1 aliphatic rings. The lowest BCUT2D eigenvalue weighted by atomic mass is 10.2. The van der Waals surface area contributed by atoms with Gasteiger partial charge in [-0.1, -0.05) is 29.5 Å². The summed E-state index contributed by atoms with van der Waals surface area (Å²) in [6.45, 7) is 4.22. The monoisotopic (exact) mass is 564 g/mol. The number of hydrogen-bond acceptors (Lipinski definition) is 7. The van der Waals surface area contributed by atoms with E-state index in [-0.39, 0.29) is 10.8 Å². The maximum absolute atomic E-state index is 13.7. The van der Waals surface area contributed by atoms with Crippen LogP contribution in [0.5, 0.6) is 5.75 Å². The maximum Gasteiger partial charge on any atom is 0.264 e. The van der Waals surface area contributed by atoms with Gasteiger partial charge in [0.1, 0.15) is 5.75 Å². The zero-order valence-electron chi connectivity index (χ0n) is 22.3. The van der Waals surface area contributed by atoms with Crippen molar-refractivity contribution in [2.45, 2.75) is 24.7 Å². The second-order valence-electron chi connectivity index (χ2n) is 9.65. The Hall–Kier alpha value is -3.47. The van der Waals surface area contributed by atoms with Crippen molar-refractivity contribution in [3.63, 3.8) is 0 Å². The largest absolute Gasteiger partial charge is 0.494 e. The minimum Gasteiger partial charge on any atom is -0.494 e. The predicted octanol–water partition coefficient (Wildman–Crippen LogP) is 5.04. The number of carbonyl (C=O) groups is 1. The number of ether oxygens (including phenoxy) is 1. The van der Waals surface area contributed by atoms with E-state index in [1.165, 1.54) is 27.8 Å². The Morgan fingerprint density at radius 2 is 1.82 bits per heavy atom. The Morgan fingerprint density at radius 1 is 1.05 bits per heavy atom. The number of sulfonamides is 1. The Bertz CT molecular complexity index is 1580. The van der Waals surface area contributed by atoms with Gasteiger partial charge in [0.2, 0.25) is 0 Å². The number of anilines is 2. The molecule has 0 aliphatic carbocycles. The first-order chi connectivity index (χ1) is 18.8. The molecule has 204 valence electrons. The van der Waals surface area contributed by atoms with Crippen molar-refractivity contribution in [2.24, 2.45) is 0 Å². The number of benzene rings is 3. The van der Waals surface area contributed by atoms with Gasteiger partial charge in [0.15, 0.2) is 5.13 Å². The van der Waals surface area contributed by atoms with Crippen molar-refractivity contribution in [3.8, 4) is 5.75 Å². The Balaban J connectivity index is 1.41. The topological polar surface area (TPSA) is 83.0 Å². The lowest BCUT2D eigenvalue weighted by Gasteiger charge is -2.22. The fourth-order valence-corrected chi connectivity index (χ4v) is 7.23. The molecule has 2 heterocycles. The summed E-state index contributed by atoms with van der Waals surface area (Å²) in [7, 11) is 0.258. The van der Waals surface area contributed by atoms with Gasteiger partial charge < -0.3 is 9.64 Å². The van der Waals surface area contributed by atoms with Crippen LogP contribution < -0.4 is 13.9 Å². The van der Waals surface area contributed by atoms with Crippen LogP contribution in [0.25, 0.3) is 10.2 Å². The van der Waals surface area contributed by atoms with E-state index in [4.69, 9.17) is 9.72 Å². The molecule has 1 aliphatic heterocycles. The van der Waals surface area contributed by atoms with Gasteiger partial charge in [-0.2, -0.15) is 0 Å². The number of fused-ring (bicyclic) bond motifs is 2. The van der Waals surface area contributed by atoms with Crippen LogP contribution >= 0.6 is 11.3 Å². The highest BCUT2D eigenvalue weighted by Gasteiger charge is 2.31. The van der Waals surface area contributed by atoms with E-state index >= 15 is 0 Å². The highest BCUT2D eigenvalue weighted by atomic mass is 32.2. The second-order valence-corrected chi connectivity index (χ2v) is 12.5. The molecule has 4 aromatic rings. The first-order valence-corrected chi connectivity index (χ1v) is 15.2. The van der Waals surface area contributed by atoms with Crippen molar-refractivity contribution >= 4 is 48.3 Å². The lowest BCUT2D eigenvalue weighted by Crippen LogP contribution is -2.33. The highest BCUT2D eigenvalue weighted by Crippen LogP contribution is 2.34. The molecular weight excluding hydrogens is 532 g/mol. The summed E-state index contributed by atoms with van der Waals surface area (Å²) in [5.41, 5.74) is 2.95. The van der Waals surface area contributed by atoms with Crippen molar-refractivity contribution in [2.75, 3.05) is 49.5 Å². The van der Waals surface area contributed by atoms with E-state index in [9.17, 15) is 13.2 Å². The molecule has 0 bridgehead atoms. The van der Waals surface area contributed by atoms with Gasteiger partial charge in [0.25, 0.3) is 15.9 Å². The maximum atomic E-state index is 13.7. The molecule has 0 N–H and O–H groups in total. The number of amides is 1. The lowest BCUT2D eigenvalue weighted by molar-refractivity contribution is 0.0986. The SMILES string of the molecule is CCOc1ccc2nc(N(CCCN(C)C)C(=O)c3ccc(S(=O)(=O)N4CCc5ccccc54)cc3)sc2c1. The third-order valence-electron chi connectivity index (χ3n) is 6.66. The molecule has 0 saturated carbocycles. The Kier molecular flexibility index (Phi) is 7.88. The van der Waals surface area contributed by atoms with Crippen LogP contribution in [-0.4, -0.2) is 64.5 Å². The van der Waals surface area contributed by atoms with Gasteiger partial charge >= 0.3 is 0 Å². The normalized spacial score (nSPS) is 13.2. The summed E-state index contributed by atoms with van der Waals surface area (Å²) in [5.74, 6) is 0.552. The Labute approximate surface area is 233 Å². The van der Waals surface area contributed by atoms with Gasteiger partial charge in [-0.25, -0.2) is 13.4 Å². The molecule has 3 aromatic carbocycles. The van der Waals surface area contributed by atoms with Crippen LogP contribution in [0.1, 0.15) is 29.3 Å². The summed E-state index contributed by atoms with van der Waals surface area (Å²) in [5, 5.41) is 0.604. The number of carbonyl (C=O) groups excluding carboxylic acids is 1. The molecule has 0 radical (unpaired) electrons. The molecule has 0 atom stereocenters. The van der Waals surface area contributed by atoms with Crippen LogP contribution in [0.2, 0.25) is 0 Å². The van der Waals surface area contributed by atoms with Crippen LogP contribution in [0.4, 0.5) is 10.8 Å². The van der Waals surface area contributed by atoms with Crippen molar-refractivity contribution in [1.29, 1.82) is 0 Å². The van der Waals surface area contributed by atoms with E-state index in [0.29, 0.717) is 42.5 Å². The molecule has 10 heteroatoms. The average molecular weight is 565 g/mol. The summed E-state index contributed by atoms with van der Waals surface area (Å²) < 4.78 is 34.9. The number of para-hydroxylation sites is 1. The van der Waals surface area contributed by atoms with E-state index < -0.39 is 10.0 Å². The fraction of sp³-hybridized carbons (Fsp3) is 0.310. The predicted molar refractivity (Wildman–Crippen MR) is 157 cm³/mol. The first-order valence-electron chi connectivity index (χ1n) is 13.0. The minimum absolute atomic E-state index is 0.165. The highest BCUT2D eigenvalue weighted by molar-refractivity contribution is 7.92. The van der Waals surface area contributed by atoms with Crippen LogP contribution in [0.3, 0.4) is 0 Å². The molecule has 0 unspecified atom stereocenters. The second kappa shape index (κ2) is 11.3. The molecule has 5 rings (SSSR count). The minimum atomic E-state index is -3.74. The molecule has 0 fully saturated rings. The summed E-state index contributed by atoms with van der Waals surface area (Å²) in [6, 6.07) is 19.5. The number of rotatable bonds is 10. The van der Waals surface area contributed by atoms with Gasteiger partial charge in [-0.15, -0.1) is 0 Å². The van der Waals surface area contributed by atoms with Crippen molar-refractivity contribution < 1.29 is 17.9 Å². The molecular formula is C29H32N4O4S2. The Morgan fingerprint density at radius 3 is 2.56 bits per heavy atom. The number of hydrogen-bond donors (Lipinski definition) is 0. The molecule has 1 aromatic heterocycles. The van der Waals surface area contributed by atoms with Gasteiger partial charge in [-0.05, 0) is 94.5 Å². The molecule has 8 nitrogen and oxygen atoms in total.